The number of hydrogen-bond acceptors (Lipinski definition) is 3. The van der Waals surface area contributed by atoms with Gasteiger partial charge in [-0.05, 0) is 18.6 Å². The lowest BCUT2D eigenvalue weighted by atomic mass is 10.1. The van der Waals surface area contributed by atoms with E-state index in [4.69, 9.17) is 4.74 Å². The first-order valence-corrected chi connectivity index (χ1v) is 5.58. The highest BCUT2D eigenvalue weighted by atomic mass is 16.5. The van der Waals surface area contributed by atoms with E-state index >= 15 is 0 Å². The van der Waals surface area contributed by atoms with Crippen LogP contribution < -0.4 is 9.64 Å². The molecule has 0 aliphatic carbocycles. The predicted octanol–water partition coefficient (Wildman–Crippen LogP) is 1.70. The van der Waals surface area contributed by atoms with Gasteiger partial charge in [-0.25, -0.2) is 0 Å². The van der Waals surface area contributed by atoms with Crippen molar-refractivity contribution in [3.05, 3.63) is 23.8 Å². The highest BCUT2D eigenvalue weighted by Crippen LogP contribution is 2.26. The molecule has 1 aliphatic heterocycles. The van der Waals surface area contributed by atoms with Gasteiger partial charge in [0.15, 0.2) is 0 Å². The zero-order valence-corrected chi connectivity index (χ0v) is 10.0. The van der Waals surface area contributed by atoms with Gasteiger partial charge in [-0.1, -0.05) is 6.07 Å². The summed E-state index contributed by atoms with van der Waals surface area (Å²) in [6.45, 7) is 2.41. The average Bonchev–Trinajstić information content (AvgIpc) is 2.30. The van der Waals surface area contributed by atoms with Crippen LogP contribution >= 0.6 is 0 Å². The number of carbonyl (C=O) groups excluding carboxylic acids is 2. The van der Waals surface area contributed by atoms with E-state index in [2.05, 4.69) is 0 Å². The summed E-state index contributed by atoms with van der Waals surface area (Å²) in [7, 11) is 1.60. The Morgan fingerprint density at radius 1 is 1.29 bits per heavy atom. The first kappa shape index (κ1) is 11.6. The maximum Gasteiger partial charge on any atom is 0.234 e. The number of anilines is 1. The Labute approximate surface area is 100 Å². The van der Waals surface area contributed by atoms with Gasteiger partial charge in [0.2, 0.25) is 5.91 Å². The summed E-state index contributed by atoms with van der Waals surface area (Å²) in [5, 5.41) is 0. The van der Waals surface area contributed by atoms with E-state index in [1.165, 1.54) is 0 Å². The van der Waals surface area contributed by atoms with Gasteiger partial charge < -0.3 is 9.64 Å². The topological polar surface area (TPSA) is 46.6 Å². The zero-order valence-electron chi connectivity index (χ0n) is 10.0. The van der Waals surface area contributed by atoms with Crippen molar-refractivity contribution in [2.45, 2.75) is 19.8 Å². The zero-order chi connectivity index (χ0) is 12.4. The lowest BCUT2D eigenvalue weighted by molar-refractivity contribution is -0.128. The van der Waals surface area contributed by atoms with Gasteiger partial charge >= 0.3 is 0 Å². The molecule has 1 fully saturated rings. The molecule has 0 atom stereocenters. The van der Waals surface area contributed by atoms with Crippen LogP contribution in [0.15, 0.2) is 18.2 Å². The van der Waals surface area contributed by atoms with Crippen molar-refractivity contribution in [3.8, 4) is 5.75 Å². The number of piperidine rings is 1. The first-order chi connectivity index (χ1) is 8.11. The molecule has 17 heavy (non-hydrogen) atoms. The Bertz CT molecular complexity index is 468. The number of carbonyl (C=O) groups is 2. The second-order valence-electron chi connectivity index (χ2n) is 4.16. The molecule has 0 aromatic heterocycles. The molecule has 1 aliphatic rings. The highest BCUT2D eigenvalue weighted by molar-refractivity contribution is 6.08. The lowest BCUT2D eigenvalue weighted by Gasteiger charge is -2.26. The summed E-state index contributed by atoms with van der Waals surface area (Å²) >= 11 is 0. The summed E-state index contributed by atoms with van der Waals surface area (Å²) in [5.41, 5.74) is 1.82. The number of methoxy groups -OCH3 is 1. The Hall–Kier alpha value is -1.84. The number of ether oxygens (including phenoxy) is 1. The third-order valence-electron chi connectivity index (χ3n) is 2.97. The summed E-state index contributed by atoms with van der Waals surface area (Å²) in [5.74, 6) is 0.643. The van der Waals surface area contributed by atoms with Gasteiger partial charge in [-0.2, -0.15) is 0 Å². The van der Waals surface area contributed by atoms with Crippen LogP contribution in [-0.4, -0.2) is 25.3 Å². The van der Waals surface area contributed by atoms with Gasteiger partial charge in [0, 0.05) is 24.7 Å². The number of Topliss-reactive ketones (excluding diaryl/α,β-unsaturated/α-hetero) is 1. The highest BCUT2D eigenvalue weighted by Gasteiger charge is 2.25. The maximum atomic E-state index is 11.8. The van der Waals surface area contributed by atoms with Crippen LogP contribution in [0.3, 0.4) is 0 Å². The molecule has 2 rings (SSSR count). The molecular weight excluding hydrogens is 218 g/mol. The van der Waals surface area contributed by atoms with Crippen molar-refractivity contribution in [1.29, 1.82) is 0 Å². The fraction of sp³-hybridized carbons (Fsp3) is 0.385. The number of aryl methyl sites for hydroxylation is 1. The van der Waals surface area contributed by atoms with Gasteiger partial charge in [0.1, 0.15) is 11.5 Å². The predicted molar refractivity (Wildman–Crippen MR) is 64.3 cm³/mol. The fourth-order valence-corrected chi connectivity index (χ4v) is 1.96. The molecule has 1 aromatic carbocycles. The van der Waals surface area contributed by atoms with Crippen molar-refractivity contribution in [2.75, 3.05) is 18.6 Å². The van der Waals surface area contributed by atoms with Gasteiger partial charge in [-0.15, -0.1) is 0 Å². The Balaban J connectivity index is 2.28. The standard InChI is InChI=1S/C13H15NO3/c1-9-3-4-10(7-12(9)17-2)14-6-5-11(15)8-13(14)16/h3-4,7H,5-6,8H2,1-2H3. The Morgan fingerprint density at radius 2 is 2.06 bits per heavy atom. The van der Waals surface area contributed by atoms with Crippen LogP contribution in [0.5, 0.6) is 5.75 Å². The van der Waals surface area contributed by atoms with Crippen molar-refractivity contribution in [3.63, 3.8) is 0 Å². The molecule has 0 bridgehead atoms. The van der Waals surface area contributed by atoms with Crippen molar-refractivity contribution < 1.29 is 14.3 Å². The maximum absolute atomic E-state index is 11.8. The minimum atomic E-state index is -0.132. The molecule has 0 spiro atoms. The number of ketones is 1. The quantitative estimate of drug-likeness (QED) is 0.730. The van der Waals surface area contributed by atoms with E-state index in [9.17, 15) is 9.59 Å². The van der Waals surface area contributed by atoms with Crippen molar-refractivity contribution >= 4 is 17.4 Å². The number of rotatable bonds is 2. The minimum Gasteiger partial charge on any atom is -0.496 e. The van der Waals surface area contributed by atoms with E-state index < -0.39 is 0 Å². The lowest BCUT2D eigenvalue weighted by Crippen LogP contribution is -2.39. The summed E-state index contributed by atoms with van der Waals surface area (Å²) in [6, 6.07) is 5.63. The number of amides is 1. The molecule has 0 radical (unpaired) electrons. The minimum absolute atomic E-state index is 0.0101. The van der Waals surface area contributed by atoms with E-state index in [0.29, 0.717) is 13.0 Å². The third kappa shape index (κ3) is 2.30. The van der Waals surface area contributed by atoms with Crippen LogP contribution in [0, 0.1) is 6.92 Å². The SMILES string of the molecule is COc1cc(N2CCC(=O)CC2=O)ccc1C. The molecule has 1 amide bonds. The van der Waals surface area contributed by atoms with Crippen LogP contribution in [-0.2, 0) is 9.59 Å². The number of nitrogens with zero attached hydrogens (tertiary/aromatic N) is 1. The third-order valence-corrected chi connectivity index (χ3v) is 2.97. The molecule has 4 heteroatoms. The van der Waals surface area contributed by atoms with E-state index in [1.54, 1.807) is 12.0 Å². The molecule has 1 aromatic rings. The second-order valence-corrected chi connectivity index (χ2v) is 4.16. The smallest absolute Gasteiger partial charge is 0.234 e. The largest absolute Gasteiger partial charge is 0.496 e. The normalized spacial score (nSPS) is 16.2. The Morgan fingerprint density at radius 3 is 2.71 bits per heavy atom. The summed E-state index contributed by atoms with van der Waals surface area (Å²) in [6.07, 6.45) is 0.443. The Kier molecular flexibility index (Phi) is 3.13. The van der Waals surface area contributed by atoms with E-state index in [1.807, 2.05) is 25.1 Å². The molecule has 1 heterocycles. The molecule has 4 nitrogen and oxygen atoms in total. The first-order valence-electron chi connectivity index (χ1n) is 5.58. The second kappa shape index (κ2) is 4.57. The van der Waals surface area contributed by atoms with Crippen molar-refractivity contribution in [2.24, 2.45) is 0 Å². The summed E-state index contributed by atoms with van der Waals surface area (Å²) < 4.78 is 5.23. The molecule has 0 saturated carbocycles. The summed E-state index contributed by atoms with van der Waals surface area (Å²) in [4.78, 5) is 24.6. The van der Waals surface area contributed by atoms with Gasteiger partial charge in [0.25, 0.3) is 0 Å². The average molecular weight is 233 g/mol. The number of benzene rings is 1. The van der Waals surface area contributed by atoms with Crippen LogP contribution in [0.25, 0.3) is 0 Å². The monoisotopic (exact) mass is 233 g/mol. The molecule has 90 valence electrons. The van der Waals surface area contributed by atoms with Crippen molar-refractivity contribution in [1.82, 2.24) is 0 Å². The van der Waals surface area contributed by atoms with Crippen LogP contribution in [0.4, 0.5) is 5.69 Å². The fourth-order valence-electron chi connectivity index (χ4n) is 1.96. The van der Waals surface area contributed by atoms with Crippen LogP contribution in [0.2, 0.25) is 0 Å². The van der Waals surface area contributed by atoms with Gasteiger partial charge in [0.05, 0.1) is 13.5 Å². The number of hydrogen-bond donors (Lipinski definition) is 0. The van der Waals surface area contributed by atoms with E-state index in [0.717, 1.165) is 17.0 Å². The molecule has 0 N–H and O–H groups in total. The molecular formula is C13H15NO3. The molecule has 0 unspecified atom stereocenters. The van der Waals surface area contributed by atoms with E-state index in [-0.39, 0.29) is 18.1 Å². The van der Waals surface area contributed by atoms with Crippen LogP contribution in [0.1, 0.15) is 18.4 Å². The van der Waals surface area contributed by atoms with Gasteiger partial charge in [-0.3, -0.25) is 9.59 Å². The molecule has 1 saturated heterocycles.